The Bertz CT molecular complexity index is 2600. The molecule has 9 aromatic carbocycles. The van der Waals surface area contributed by atoms with E-state index in [0.717, 1.165) is 11.4 Å². The van der Waals surface area contributed by atoms with E-state index in [1.165, 1.54) is 76.8 Å². The molecule has 0 bridgehead atoms. The summed E-state index contributed by atoms with van der Waals surface area (Å²) in [5, 5.41) is 11.3. The van der Waals surface area contributed by atoms with E-state index in [0.29, 0.717) is 0 Å². The topological polar surface area (TPSA) is 12.0 Å². The van der Waals surface area contributed by atoms with Gasteiger partial charge in [0.2, 0.25) is 0 Å². The first-order chi connectivity index (χ1) is 24.3. The Balaban J connectivity index is 1.03. The van der Waals surface area contributed by atoms with Gasteiger partial charge >= 0.3 is 0 Å². The Kier molecular flexibility index (Phi) is 7.22. The zero-order valence-electron chi connectivity index (χ0n) is 27.0. The van der Waals surface area contributed by atoms with Gasteiger partial charge in [-0.1, -0.05) is 158 Å². The summed E-state index contributed by atoms with van der Waals surface area (Å²) in [6, 6.07) is 70.0. The van der Waals surface area contributed by atoms with E-state index in [1.807, 2.05) is 0 Å². The van der Waals surface area contributed by atoms with Crippen LogP contribution in [0.25, 0.3) is 76.8 Å². The highest BCUT2D eigenvalue weighted by Crippen LogP contribution is 2.38. The van der Waals surface area contributed by atoms with Crippen molar-refractivity contribution in [1.29, 1.82) is 0 Å². The van der Waals surface area contributed by atoms with Crippen molar-refractivity contribution in [2.45, 2.75) is 0 Å². The van der Waals surface area contributed by atoms with Gasteiger partial charge in [0, 0.05) is 11.4 Å². The van der Waals surface area contributed by atoms with E-state index in [1.54, 1.807) is 0 Å². The van der Waals surface area contributed by atoms with Crippen molar-refractivity contribution in [2.24, 2.45) is 0 Å². The molecule has 230 valence electrons. The molecule has 0 aliphatic carbocycles. The molecule has 0 amide bonds. The van der Waals surface area contributed by atoms with Crippen molar-refractivity contribution < 1.29 is 0 Å². The molecule has 1 nitrogen and oxygen atoms in total. The highest BCUT2D eigenvalue weighted by atomic mass is 14.9. The average Bonchev–Trinajstić information content (AvgIpc) is 3.18. The van der Waals surface area contributed by atoms with Gasteiger partial charge in [-0.05, 0) is 113 Å². The average molecular weight is 624 g/mol. The van der Waals surface area contributed by atoms with Crippen LogP contribution in [-0.4, -0.2) is 0 Å². The number of anilines is 2. The highest BCUT2D eigenvalue weighted by molar-refractivity contribution is 6.13. The molecule has 0 heterocycles. The molecule has 0 radical (unpaired) electrons. The molecule has 0 saturated heterocycles. The Hall–Kier alpha value is -6.44. The first-order valence-electron chi connectivity index (χ1n) is 16.8. The van der Waals surface area contributed by atoms with Crippen molar-refractivity contribution in [3.63, 3.8) is 0 Å². The fraction of sp³-hybridized carbons (Fsp3) is 0. The molecular weight excluding hydrogens is 591 g/mol. The Morgan fingerprint density at radius 2 is 0.796 bits per heavy atom. The largest absolute Gasteiger partial charge is 0.356 e. The third-order valence-electron chi connectivity index (χ3n) is 9.64. The van der Waals surface area contributed by atoms with Crippen LogP contribution in [0.4, 0.5) is 11.4 Å². The van der Waals surface area contributed by atoms with Gasteiger partial charge in [-0.2, -0.15) is 0 Å². The monoisotopic (exact) mass is 623 g/mol. The number of nitrogens with one attached hydrogen (secondary N) is 1. The summed E-state index contributed by atoms with van der Waals surface area (Å²) < 4.78 is 0. The second-order valence-corrected chi connectivity index (χ2v) is 12.7. The molecule has 9 aromatic rings. The lowest BCUT2D eigenvalue weighted by atomic mass is 9.92. The maximum atomic E-state index is 3.68. The van der Waals surface area contributed by atoms with Gasteiger partial charge in [0.1, 0.15) is 0 Å². The van der Waals surface area contributed by atoms with Crippen molar-refractivity contribution in [2.75, 3.05) is 5.32 Å². The second-order valence-electron chi connectivity index (χ2n) is 12.7. The molecule has 49 heavy (non-hydrogen) atoms. The summed E-state index contributed by atoms with van der Waals surface area (Å²) in [7, 11) is 0. The quantitative estimate of drug-likeness (QED) is 0.182. The first kappa shape index (κ1) is 28.8. The predicted octanol–water partition coefficient (Wildman–Crippen LogP) is 13.6. The lowest BCUT2D eigenvalue weighted by Crippen LogP contribution is -1.93. The van der Waals surface area contributed by atoms with Crippen molar-refractivity contribution in [3.8, 4) is 44.5 Å². The minimum atomic E-state index is 1.05. The lowest BCUT2D eigenvalue weighted by molar-refractivity contribution is 1.52. The molecular formula is C48H33N. The first-order valence-corrected chi connectivity index (χ1v) is 16.8. The number of fused-ring (bicyclic) bond motifs is 4. The zero-order valence-corrected chi connectivity index (χ0v) is 27.0. The number of hydrogen-bond acceptors (Lipinski definition) is 1. The molecule has 0 spiro atoms. The normalized spacial score (nSPS) is 11.3. The Morgan fingerprint density at radius 1 is 0.245 bits per heavy atom. The molecule has 0 aromatic heterocycles. The summed E-state index contributed by atoms with van der Waals surface area (Å²) in [5.41, 5.74) is 11.8. The third kappa shape index (κ3) is 5.52. The Labute approximate surface area is 286 Å². The molecule has 0 atom stereocenters. The fourth-order valence-corrected chi connectivity index (χ4v) is 7.13. The summed E-state index contributed by atoms with van der Waals surface area (Å²) in [5.74, 6) is 0. The van der Waals surface area contributed by atoms with Crippen molar-refractivity contribution in [3.05, 3.63) is 194 Å². The van der Waals surface area contributed by atoms with Crippen LogP contribution in [0.2, 0.25) is 0 Å². The van der Waals surface area contributed by atoms with Crippen molar-refractivity contribution >= 4 is 43.7 Å². The van der Waals surface area contributed by atoms with Crippen molar-refractivity contribution in [1.82, 2.24) is 0 Å². The van der Waals surface area contributed by atoms with Crippen LogP contribution in [0.15, 0.2) is 194 Å². The van der Waals surface area contributed by atoms with E-state index >= 15 is 0 Å². The Morgan fingerprint density at radius 3 is 1.59 bits per heavy atom. The van der Waals surface area contributed by atoms with Crippen LogP contribution in [0, 0.1) is 0 Å². The highest BCUT2D eigenvalue weighted by Gasteiger charge is 2.12. The fourth-order valence-electron chi connectivity index (χ4n) is 7.13. The number of rotatable bonds is 6. The number of benzene rings is 9. The van der Waals surface area contributed by atoms with Gasteiger partial charge in [0.15, 0.2) is 0 Å². The van der Waals surface area contributed by atoms with Crippen LogP contribution in [0.3, 0.4) is 0 Å². The molecule has 0 unspecified atom stereocenters. The maximum Gasteiger partial charge on any atom is 0.0390 e. The van der Waals surface area contributed by atoms with Gasteiger partial charge in [-0.15, -0.1) is 0 Å². The minimum Gasteiger partial charge on any atom is -0.356 e. The predicted molar refractivity (Wildman–Crippen MR) is 210 cm³/mol. The van der Waals surface area contributed by atoms with Crippen LogP contribution in [-0.2, 0) is 0 Å². The van der Waals surface area contributed by atoms with E-state index in [-0.39, 0.29) is 0 Å². The van der Waals surface area contributed by atoms with Crippen LogP contribution in [0.1, 0.15) is 0 Å². The summed E-state index contributed by atoms with van der Waals surface area (Å²) in [6.07, 6.45) is 0. The van der Waals surface area contributed by atoms with Crippen LogP contribution in [0.5, 0.6) is 0 Å². The van der Waals surface area contributed by atoms with Gasteiger partial charge in [-0.25, -0.2) is 0 Å². The van der Waals surface area contributed by atoms with Gasteiger partial charge in [-0.3, -0.25) is 0 Å². The van der Waals surface area contributed by atoms with Crippen LogP contribution >= 0.6 is 0 Å². The zero-order chi connectivity index (χ0) is 32.6. The molecule has 0 fully saturated rings. The van der Waals surface area contributed by atoms with E-state index in [4.69, 9.17) is 0 Å². The van der Waals surface area contributed by atoms with E-state index < -0.39 is 0 Å². The standard InChI is InChI=1S/C48H33N/c1-2-11-35(12-3-1)48-32-42(28-29-44(48)36-21-18-34(19-22-36)39-23-20-33-10-4-5-13-38(33)30-39)49-41-26-24-37(25-27-41)47-31-40-14-6-7-15-43(40)45-16-8-9-17-46(45)47/h1-32,49H. The molecule has 1 N–H and O–H groups in total. The second kappa shape index (κ2) is 12.3. The molecule has 0 aliphatic heterocycles. The van der Waals surface area contributed by atoms with Gasteiger partial charge < -0.3 is 5.32 Å². The summed E-state index contributed by atoms with van der Waals surface area (Å²) >= 11 is 0. The van der Waals surface area contributed by atoms with Gasteiger partial charge in [0.25, 0.3) is 0 Å². The van der Waals surface area contributed by atoms with E-state index in [9.17, 15) is 0 Å². The SMILES string of the molecule is c1ccc(-c2cc(Nc3ccc(-c4cc5ccccc5c5ccccc45)cc3)ccc2-c2ccc(-c3ccc4ccccc4c3)cc2)cc1. The van der Waals surface area contributed by atoms with Gasteiger partial charge in [0.05, 0.1) is 0 Å². The van der Waals surface area contributed by atoms with E-state index in [2.05, 4.69) is 199 Å². The summed E-state index contributed by atoms with van der Waals surface area (Å²) in [6.45, 7) is 0. The molecule has 1 heteroatoms. The smallest absolute Gasteiger partial charge is 0.0390 e. The molecule has 0 saturated carbocycles. The third-order valence-corrected chi connectivity index (χ3v) is 9.64. The number of hydrogen-bond donors (Lipinski definition) is 1. The summed E-state index contributed by atoms with van der Waals surface area (Å²) in [4.78, 5) is 0. The molecule has 9 rings (SSSR count). The van der Waals surface area contributed by atoms with Crippen LogP contribution < -0.4 is 5.32 Å². The molecule has 0 aliphatic rings. The maximum absolute atomic E-state index is 3.68. The lowest BCUT2D eigenvalue weighted by Gasteiger charge is -2.15. The minimum absolute atomic E-state index is 1.05.